The fourth-order valence-corrected chi connectivity index (χ4v) is 1.53. The SMILES string of the molecule is CCCCCC#C[C@@](C)(O)c1ccccc1. The minimum atomic E-state index is -1.02. The van der Waals surface area contributed by atoms with Crippen molar-refractivity contribution in [3.05, 3.63) is 35.9 Å². The molecule has 1 aromatic carbocycles. The summed E-state index contributed by atoms with van der Waals surface area (Å²) in [6.07, 6.45) is 4.41. The maximum atomic E-state index is 10.2. The number of hydrogen-bond acceptors (Lipinski definition) is 1. The quantitative estimate of drug-likeness (QED) is 0.603. The molecule has 1 aromatic rings. The molecule has 0 aliphatic carbocycles. The molecular formula is C15H20O. The highest BCUT2D eigenvalue weighted by molar-refractivity contribution is 5.30. The Kier molecular flexibility index (Phi) is 5.08. The third-order valence-corrected chi connectivity index (χ3v) is 2.57. The molecule has 0 amide bonds. The van der Waals surface area contributed by atoms with Gasteiger partial charge in [-0.2, -0.15) is 0 Å². The Morgan fingerprint density at radius 3 is 2.50 bits per heavy atom. The van der Waals surface area contributed by atoms with E-state index in [9.17, 15) is 5.11 Å². The summed E-state index contributed by atoms with van der Waals surface area (Å²) in [5.74, 6) is 6.00. The number of unbranched alkanes of at least 4 members (excludes halogenated alkanes) is 3. The Morgan fingerprint density at radius 1 is 1.19 bits per heavy atom. The van der Waals surface area contributed by atoms with E-state index >= 15 is 0 Å². The van der Waals surface area contributed by atoms with Crippen LogP contribution in [-0.2, 0) is 5.60 Å². The summed E-state index contributed by atoms with van der Waals surface area (Å²) in [5.41, 5.74) is -0.161. The zero-order valence-corrected chi connectivity index (χ0v) is 10.2. The molecule has 1 N–H and O–H groups in total. The molecule has 0 bridgehead atoms. The number of benzene rings is 1. The van der Waals surface area contributed by atoms with Crippen LogP contribution < -0.4 is 0 Å². The van der Waals surface area contributed by atoms with Crippen molar-refractivity contribution in [3.63, 3.8) is 0 Å². The Balaban J connectivity index is 2.58. The minimum Gasteiger partial charge on any atom is -0.374 e. The summed E-state index contributed by atoms with van der Waals surface area (Å²) in [6, 6.07) is 9.58. The fraction of sp³-hybridized carbons (Fsp3) is 0.467. The minimum absolute atomic E-state index is 0.859. The van der Waals surface area contributed by atoms with Gasteiger partial charge in [-0.3, -0.25) is 0 Å². The van der Waals surface area contributed by atoms with Crippen molar-refractivity contribution in [1.29, 1.82) is 0 Å². The van der Waals surface area contributed by atoms with Gasteiger partial charge in [0.05, 0.1) is 0 Å². The summed E-state index contributed by atoms with van der Waals surface area (Å²) in [7, 11) is 0. The molecule has 0 saturated carbocycles. The van der Waals surface area contributed by atoms with Gasteiger partial charge < -0.3 is 5.11 Å². The maximum Gasteiger partial charge on any atom is 0.148 e. The van der Waals surface area contributed by atoms with E-state index < -0.39 is 5.60 Å². The molecule has 0 radical (unpaired) electrons. The number of hydrogen-bond donors (Lipinski definition) is 1. The molecule has 0 saturated heterocycles. The summed E-state index contributed by atoms with van der Waals surface area (Å²) >= 11 is 0. The molecule has 0 heterocycles. The Morgan fingerprint density at radius 2 is 1.88 bits per heavy atom. The first kappa shape index (κ1) is 12.8. The van der Waals surface area contributed by atoms with Crippen molar-refractivity contribution in [3.8, 4) is 11.8 Å². The number of aliphatic hydroxyl groups is 1. The van der Waals surface area contributed by atoms with Gasteiger partial charge in [0.1, 0.15) is 5.60 Å². The average Bonchev–Trinajstić information content (AvgIpc) is 2.30. The van der Waals surface area contributed by atoms with Crippen LogP contribution in [0.4, 0.5) is 0 Å². The molecule has 1 atom stereocenters. The van der Waals surface area contributed by atoms with Crippen LogP contribution in [0.2, 0.25) is 0 Å². The van der Waals surface area contributed by atoms with Crippen LogP contribution in [0, 0.1) is 11.8 Å². The van der Waals surface area contributed by atoms with Crippen molar-refractivity contribution < 1.29 is 5.11 Å². The first-order valence-corrected chi connectivity index (χ1v) is 5.94. The first-order valence-electron chi connectivity index (χ1n) is 5.94. The molecule has 0 aromatic heterocycles. The average molecular weight is 216 g/mol. The summed E-state index contributed by atoms with van der Waals surface area (Å²) < 4.78 is 0. The molecule has 1 rings (SSSR count). The van der Waals surface area contributed by atoms with Crippen LogP contribution in [0.25, 0.3) is 0 Å². The van der Waals surface area contributed by atoms with E-state index in [1.165, 1.54) is 12.8 Å². The lowest BCUT2D eigenvalue weighted by Gasteiger charge is -2.16. The highest BCUT2D eigenvalue weighted by Gasteiger charge is 2.18. The molecule has 16 heavy (non-hydrogen) atoms. The van der Waals surface area contributed by atoms with Crippen LogP contribution >= 0.6 is 0 Å². The van der Waals surface area contributed by atoms with Crippen molar-refractivity contribution >= 4 is 0 Å². The molecule has 0 fully saturated rings. The van der Waals surface area contributed by atoms with Gasteiger partial charge in [-0.25, -0.2) is 0 Å². The molecule has 1 heteroatoms. The van der Waals surface area contributed by atoms with E-state index in [1.54, 1.807) is 6.92 Å². The lowest BCUT2D eigenvalue weighted by Crippen LogP contribution is -2.18. The summed E-state index contributed by atoms with van der Waals surface area (Å²) in [6.45, 7) is 3.92. The molecule has 0 aliphatic heterocycles. The van der Waals surface area contributed by atoms with Gasteiger partial charge in [0, 0.05) is 6.42 Å². The molecule has 1 nitrogen and oxygen atoms in total. The first-order chi connectivity index (χ1) is 7.67. The maximum absolute atomic E-state index is 10.2. The second-order valence-electron chi connectivity index (χ2n) is 4.20. The third-order valence-electron chi connectivity index (χ3n) is 2.57. The van der Waals surface area contributed by atoms with E-state index in [4.69, 9.17) is 0 Å². The second kappa shape index (κ2) is 6.35. The highest BCUT2D eigenvalue weighted by Crippen LogP contribution is 2.18. The van der Waals surface area contributed by atoms with Gasteiger partial charge in [0.25, 0.3) is 0 Å². The third kappa shape index (κ3) is 4.08. The van der Waals surface area contributed by atoms with Crippen LogP contribution in [0.3, 0.4) is 0 Å². The van der Waals surface area contributed by atoms with E-state index in [-0.39, 0.29) is 0 Å². The highest BCUT2D eigenvalue weighted by atomic mass is 16.3. The fourth-order valence-electron chi connectivity index (χ4n) is 1.53. The van der Waals surface area contributed by atoms with Crippen molar-refractivity contribution in [2.24, 2.45) is 0 Å². The van der Waals surface area contributed by atoms with Gasteiger partial charge in [-0.15, -0.1) is 0 Å². The Bertz CT molecular complexity index is 354. The van der Waals surface area contributed by atoms with Crippen LogP contribution in [0.5, 0.6) is 0 Å². The predicted octanol–water partition coefficient (Wildman–Crippen LogP) is 3.48. The molecule has 86 valence electrons. The van der Waals surface area contributed by atoms with Gasteiger partial charge in [-0.05, 0) is 18.9 Å². The Labute approximate surface area is 98.5 Å². The zero-order valence-electron chi connectivity index (χ0n) is 10.2. The lowest BCUT2D eigenvalue weighted by atomic mass is 9.96. The van der Waals surface area contributed by atoms with E-state index in [2.05, 4.69) is 18.8 Å². The largest absolute Gasteiger partial charge is 0.374 e. The molecular weight excluding hydrogens is 196 g/mol. The van der Waals surface area contributed by atoms with Crippen LogP contribution in [0.15, 0.2) is 30.3 Å². The lowest BCUT2D eigenvalue weighted by molar-refractivity contribution is 0.122. The summed E-state index contributed by atoms with van der Waals surface area (Å²) in [4.78, 5) is 0. The molecule has 0 aliphatic rings. The topological polar surface area (TPSA) is 20.2 Å². The van der Waals surface area contributed by atoms with E-state index in [0.29, 0.717) is 0 Å². The van der Waals surface area contributed by atoms with Gasteiger partial charge in [-0.1, -0.05) is 61.9 Å². The van der Waals surface area contributed by atoms with Gasteiger partial charge >= 0.3 is 0 Å². The predicted molar refractivity (Wildman–Crippen MR) is 67.9 cm³/mol. The van der Waals surface area contributed by atoms with Gasteiger partial charge in [0.2, 0.25) is 0 Å². The second-order valence-corrected chi connectivity index (χ2v) is 4.20. The van der Waals surface area contributed by atoms with E-state index in [0.717, 1.165) is 18.4 Å². The molecule has 0 unspecified atom stereocenters. The Hall–Kier alpha value is -1.26. The van der Waals surface area contributed by atoms with E-state index in [1.807, 2.05) is 30.3 Å². The van der Waals surface area contributed by atoms with Gasteiger partial charge in [0.15, 0.2) is 0 Å². The monoisotopic (exact) mass is 216 g/mol. The van der Waals surface area contributed by atoms with Crippen molar-refractivity contribution in [2.45, 2.75) is 45.1 Å². The normalized spacial score (nSPS) is 13.7. The number of rotatable bonds is 4. The van der Waals surface area contributed by atoms with Crippen molar-refractivity contribution in [2.75, 3.05) is 0 Å². The van der Waals surface area contributed by atoms with Crippen LogP contribution in [-0.4, -0.2) is 5.11 Å². The van der Waals surface area contributed by atoms with Crippen molar-refractivity contribution in [1.82, 2.24) is 0 Å². The standard InChI is InChI=1S/C15H20O/c1-3-4-5-6-10-13-15(2,16)14-11-8-7-9-12-14/h7-9,11-12,16H,3-6H2,1-2H3/t15-/m1/s1. The van der Waals surface area contributed by atoms with Crippen LogP contribution in [0.1, 0.15) is 45.1 Å². The zero-order chi connectivity index (χ0) is 11.9. The summed E-state index contributed by atoms with van der Waals surface area (Å²) in [5, 5.41) is 10.2. The smallest absolute Gasteiger partial charge is 0.148 e. The molecule has 0 spiro atoms.